The molecule has 3 unspecified atom stereocenters. The summed E-state index contributed by atoms with van der Waals surface area (Å²) in [6, 6.07) is 4.84. The summed E-state index contributed by atoms with van der Waals surface area (Å²) in [6.45, 7) is 3.92. The molecule has 0 amide bonds. The van der Waals surface area contributed by atoms with Crippen molar-refractivity contribution in [1.82, 2.24) is 10.2 Å². The van der Waals surface area contributed by atoms with Gasteiger partial charge in [0.2, 0.25) is 0 Å². The summed E-state index contributed by atoms with van der Waals surface area (Å²) in [5.74, 6) is 1.02. The minimum atomic E-state index is 0.290. The van der Waals surface area contributed by atoms with Gasteiger partial charge in [0.1, 0.15) is 5.76 Å². The SMILES string of the molecule is CC1CC(NCC(c2ccco2)N(C)C)CCO1. The van der Waals surface area contributed by atoms with Crippen LogP contribution in [0.25, 0.3) is 0 Å². The first-order valence-corrected chi connectivity index (χ1v) is 6.71. The zero-order chi connectivity index (χ0) is 13.0. The number of furan rings is 1. The summed E-state index contributed by atoms with van der Waals surface area (Å²) in [7, 11) is 4.17. The third-order valence-electron chi connectivity index (χ3n) is 3.58. The monoisotopic (exact) mass is 252 g/mol. The van der Waals surface area contributed by atoms with Crippen LogP contribution in [0.3, 0.4) is 0 Å². The van der Waals surface area contributed by atoms with E-state index in [9.17, 15) is 0 Å². The maximum absolute atomic E-state index is 5.57. The second-order valence-electron chi connectivity index (χ2n) is 5.31. The lowest BCUT2D eigenvalue weighted by Gasteiger charge is -2.30. The quantitative estimate of drug-likeness (QED) is 0.870. The molecular formula is C14H24N2O2. The van der Waals surface area contributed by atoms with Crippen LogP contribution in [0.2, 0.25) is 0 Å². The number of ether oxygens (including phenoxy) is 1. The van der Waals surface area contributed by atoms with Crippen molar-refractivity contribution in [3.63, 3.8) is 0 Å². The number of hydrogen-bond donors (Lipinski definition) is 1. The molecule has 3 atom stereocenters. The van der Waals surface area contributed by atoms with Crippen molar-refractivity contribution in [2.45, 2.75) is 38.0 Å². The highest BCUT2D eigenvalue weighted by molar-refractivity contribution is 5.05. The molecule has 4 heteroatoms. The zero-order valence-corrected chi connectivity index (χ0v) is 11.6. The number of rotatable bonds is 5. The van der Waals surface area contributed by atoms with Crippen molar-refractivity contribution >= 4 is 0 Å². The van der Waals surface area contributed by atoms with Gasteiger partial charge in [-0.15, -0.1) is 0 Å². The van der Waals surface area contributed by atoms with E-state index in [0.717, 1.165) is 31.8 Å². The fourth-order valence-corrected chi connectivity index (χ4v) is 2.48. The third kappa shape index (κ3) is 3.57. The van der Waals surface area contributed by atoms with E-state index in [2.05, 4.69) is 31.2 Å². The van der Waals surface area contributed by atoms with Gasteiger partial charge in [-0.25, -0.2) is 0 Å². The van der Waals surface area contributed by atoms with E-state index in [-0.39, 0.29) is 6.04 Å². The minimum absolute atomic E-state index is 0.290. The zero-order valence-electron chi connectivity index (χ0n) is 11.6. The summed E-state index contributed by atoms with van der Waals surface area (Å²) in [4.78, 5) is 2.19. The molecule has 0 spiro atoms. The van der Waals surface area contributed by atoms with Gasteiger partial charge in [0, 0.05) is 19.2 Å². The van der Waals surface area contributed by atoms with Gasteiger partial charge in [-0.1, -0.05) is 0 Å². The largest absolute Gasteiger partial charge is 0.468 e. The Morgan fingerprint density at radius 3 is 2.94 bits per heavy atom. The maximum Gasteiger partial charge on any atom is 0.122 e. The molecule has 0 radical (unpaired) electrons. The predicted molar refractivity (Wildman–Crippen MR) is 71.6 cm³/mol. The fraction of sp³-hybridized carbons (Fsp3) is 0.714. The molecule has 0 bridgehead atoms. The van der Waals surface area contributed by atoms with Gasteiger partial charge in [-0.2, -0.15) is 0 Å². The average molecular weight is 252 g/mol. The molecule has 0 aromatic carbocycles. The van der Waals surface area contributed by atoms with E-state index >= 15 is 0 Å². The first kappa shape index (κ1) is 13.6. The fourth-order valence-electron chi connectivity index (χ4n) is 2.48. The molecule has 1 saturated heterocycles. The Morgan fingerprint density at radius 2 is 2.33 bits per heavy atom. The highest BCUT2D eigenvalue weighted by atomic mass is 16.5. The summed E-state index contributed by atoms with van der Waals surface area (Å²) in [5.41, 5.74) is 0. The van der Waals surface area contributed by atoms with E-state index in [1.54, 1.807) is 6.26 Å². The van der Waals surface area contributed by atoms with Crippen LogP contribution in [0.4, 0.5) is 0 Å². The molecule has 1 N–H and O–H groups in total. The van der Waals surface area contributed by atoms with Gasteiger partial charge in [0.05, 0.1) is 18.4 Å². The van der Waals surface area contributed by atoms with Crippen molar-refractivity contribution in [2.24, 2.45) is 0 Å². The van der Waals surface area contributed by atoms with Gasteiger partial charge in [0.15, 0.2) is 0 Å². The summed E-state index contributed by atoms with van der Waals surface area (Å²) in [5, 5.41) is 3.64. The number of nitrogens with one attached hydrogen (secondary N) is 1. The Kier molecular flexibility index (Phi) is 4.80. The molecule has 1 aliphatic heterocycles. The predicted octanol–water partition coefficient (Wildman–Crippen LogP) is 2.04. The highest BCUT2D eigenvalue weighted by Crippen LogP contribution is 2.19. The van der Waals surface area contributed by atoms with Crippen LogP contribution in [0.5, 0.6) is 0 Å². The first-order chi connectivity index (χ1) is 8.66. The Balaban J connectivity index is 1.86. The van der Waals surface area contributed by atoms with Crippen LogP contribution in [0.1, 0.15) is 31.6 Å². The Hall–Kier alpha value is -0.840. The second kappa shape index (κ2) is 6.36. The third-order valence-corrected chi connectivity index (χ3v) is 3.58. The summed E-state index contributed by atoms with van der Waals surface area (Å²) >= 11 is 0. The molecule has 1 aromatic heterocycles. The lowest BCUT2D eigenvalue weighted by molar-refractivity contribution is 0.0122. The molecule has 2 heterocycles. The standard InChI is InChI=1S/C14H24N2O2/c1-11-9-12(6-8-17-11)15-10-13(16(2)3)14-5-4-7-18-14/h4-5,7,11-13,15H,6,8-10H2,1-3H3. The Morgan fingerprint density at radius 1 is 1.50 bits per heavy atom. The number of likely N-dealkylation sites (N-methyl/N-ethyl adjacent to an activating group) is 1. The minimum Gasteiger partial charge on any atom is -0.468 e. The highest BCUT2D eigenvalue weighted by Gasteiger charge is 2.22. The van der Waals surface area contributed by atoms with Gasteiger partial charge in [-0.3, -0.25) is 4.90 Å². The van der Waals surface area contributed by atoms with Crippen LogP contribution in [0, 0.1) is 0 Å². The molecular weight excluding hydrogens is 228 g/mol. The number of hydrogen-bond acceptors (Lipinski definition) is 4. The van der Waals surface area contributed by atoms with Crippen LogP contribution in [0.15, 0.2) is 22.8 Å². The molecule has 0 aliphatic carbocycles. The van der Waals surface area contributed by atoms with Crippen LogP contribution < -0.4 is 5.32 Å². The summed E-state index contributed by atoms with van der Waals surface area (Å²) < 4.78 is 11.1. The number of nitrogens with zero attached hydrogens (tertiary/aromatic N) is 1. The first-order valence-electron chi connectivity index (χ1n) is 6.71. The summed E-state index contributed by atoms with van der Waals surface area (Å²) in [6.07, 6.45) is 4.31. The second-order valence-corrected chi connectivity index (χ2v) is 5.31. The average Bonchev–Trinajstić information content (AvgIpc) is 2.82. The van der Waals surface area contributed by atoms with E-state index in [0.29, 0.717) is 12.1 Å². The topological polar surface area (TPSA) is 37.6 Å². The smallest absolute Gasteiger partial charge is 0.122 e. The lowest BCUT2D eigenvalue weighted by Crippen LogP contribution is -2.41. The normalized spacial score (nSPS) is 26.4. The van der Waals surface area contributed by atoms with Gasteiger partial charge in [0.25, 0.3) is 0 Å². The van der Waals surface area contributed by atoms with Gasteiger partial charge >= 0.3 is 0 Å². The van der Waals surface area contributed by atoms with E-state index in [1.165, 1.54) is 0 Å². The molecule has 1 aliphatic rings. The molecule has 4 nitrogen and oxygen atoms in total. The van der Waals surface area contributed by atoms with Crippen molar-refractivity contribution in [3.05, 3.63) is 24.2 Å². The molecule has 0 saturated carbocycles. The molecule has 1 aromatic rings. The van der Waals surface area contributed by atoms with Crippen LogP contribution >= 0.6 is 0 Å². The maximum atomic E-state index is 5.57. The van der Waals surface area contributed by atoms with Crippen molar-refractivity contribution in [3.8, 4) is 0 Å². The Labute approximate surface area is 109 Å². The van der Waals surface area contributed by atoms with Gasteiger partial charge < -0.3 is 14.5 Å². The van der Waals surface area contributed by atoms with E-state index < -0.39 is 0 Å². The Bertz CT molecular complexity index is 338. The van der Waals surface area contributed by atoms with Crippen molar-refractivity contribution in [1.29, 1.82) is 0 Å². The van der Waals surface area contributed by atoms with Crippen molar-refractivity contribution < 1.29 is 9.15 Å². The molecule has 102 valence electrons. The lowest BCUT2D eigenvalue weighted by atomic mass is 10.0. The molecule has 1 fully saturated rings. The molecule has 18 heavy (non-hydrogen) atoms. The van der Waals surface area contributed by atoms with Gasteiger partial charge in [-0.05, 0) is 46.0 Å². The molecule has 2 rings (SSSR count). The van der Waals surface area contributed by atoms with E-state index in [4.69, 9.17) is 9.15 Å². The van der Waals surface area contributed by atoms with E-state index in [1.807, 2.05) is 12.1 Å². The van der Waals surface area contributed by atoms with Crippen LogP contribution in [-0.2, 0) is 4.74 Å². The van der Waals surface area contributed by atoms with Crippen molar-refractivity contribution in [2.75, 3.05) is 27.2 Å². The van der Waals surface area contributed by atoms with Crippen LogP contribution in [-0.4, -0.2) is 44.3 Å².